The molecule has 0 rings (SSSR count). The second-order valence-corrected chi connectivity index (χ2v) is 3.57. The van der Waals surface area contributed by atoms with E-state index in [1.165, 1.54) is 0 Å². The minimum atomic E-state index is -1.44. The lowest BCUT2D eigenvalue weighted by atomic mass is 10.9. The first-order chi connectivity index (χ1) is 4.35. The van der Waals surface area contributed by atoms with Gasteiger partial charge < -0.3 is 14.6 Å². The third-order valence-electron chi connectivity index (χ3n) is 0.898. The van der Waals surface area contributed by atoms with Crippen molar-refractivity contribution in [2.75, 3.05) is 19.4 Å². The molecule has 0 bridgehead atoms. The van der Waals surface area contributed by atoms with Crippen molar-refractivity contribution >= 4 is 9.28 Å². The van der Waals surface area contributed by atoms with Crippen LogP contribution in [0.2, 0.25) is 0 Å². The van der Waals surface area contributed by atoms with Crippen LogP contribution in [0.1, 0.15) is 13.8 Å². The summed E-state index contributed by atoms with van der Waals surface area (Å²) in [5, 5.41) is 0. The molecule has 0 heterocycles. The number of hydrogen-bond acceptors (Lipinski definition) is 3. The lowest BCUT2D eigenvalue weighted by Crippen LogP contribution is -2.32. The molecule has 56 valence electrons. The zero-order chi connectivity index (χ0) is 7.11. The Kier molecular flexibility index (Phi) is 6.29. The molecular weight excluding hydrogens is 134 g/mol. The molecule has 0 aliphatic heterocycles. The van der Waals surface area contributed by atoms with Crippen molar-refractivity contribution < 1.29 is 8.85 Å². The van der Waals surface area contributed by atoms with Gasteiger partial charge in [-0.3, -0.25) is 0 Å². The summed E-state index contributed by atoms with van der Waals surface area (Å²) in [7, 11) is -1.44. The van der Waals surface area contributed by atoms with Gasteiger partial charge in [0.15, 0.2) is 0 Å². The Morgan fingerprint density at radius 2 is 1.67 bits per heavy atom. The zero-order valence-corrected chi connectivity index (χ0v) is 7.25. The van der Waals surface area contributed by atoms with Crippen LogP contribution in [0, 0.1) is 0 Å². The van der Waals surface area contributed by atoms with Crippen molar-refractivity contribution in [3.63, 3.8) is 0 Å². The third-order valence-corrected chi connectivity index (χ3v) is 2.69. The van der Waals surface area contributed by atoms with Gasteiger partial charge in [0.25, 0.3) is 0 Å². The van der Waals surface area contributed by atoms with Crippen LogP contribution in [-0.2, 0) is 8.85 Å². The normalized spacial score (nSPS) is 10.7. The molecule has 0 amide bonds. The molecule has 0 radical (unpaired) electrons. The van der Waals surface area contributed by atoms with E-state index in [2.05, 4.69) is 0 Å². The molecule has 9 heavy (non-hydrogen) atoms. The quantitative estimate of drug-likeness (QED) is 0.550. The number of nitrogens with two attached hydrogens (primary N) is 1. The minimum Gasteiger partial charge on any atom is -0.396 e. The Morgan fingerprint density at radius 3 is 1.89 bits per heavy atom. The zero-order valence-electron chi connectivity index (χ0n) is 6.09. The highest BCUT2D eigenvalue weighted by molar-refractivity contribution is 6.44. The van der Waals surface area contributed by atoms with Crippen molar-refractivity contribution in [2.24, 2.45) is 5.73 Å². The maximum Gasteiger partial charge on any atom is 0.335 e. The van der Waals surface area contributed by atoms with Crippen LogP contribution in [0.3, 0.4) is 0 Å². The van der Waals surface area contributed by atoms with Crippen LogP contribution in [-0.4, -0.2) is 28.7 Å². The first-order valence-corrected chi connectivity index (χ1v) is 5.04. The van der Waals surface area contributed by atoms with Crippen LogP contribution in [0.4, 0.5) is 0 Å². The SMILES string of the molecule is CCO[SiH](CN)OCC. The third kappa shape index (κ3) is 4.59. The van der Waals surface area contributed by atoms with Gasteiger partial charge in [0.1, 0.15) is 0 Å². The predicted octanol–water partition coefficient (Wildman–Crippen LogP) is -0.222. The molecule has 0 aromatic rings. The van der Waals surface area contributed by atoms with E-state index in [9.17, 15) is 0 Å². The van der Waals surface area contributed by atoms with Crippen molar-refractivity contribution in [2.45, 2.75) is 13.8 Å². The maximum atomic E-state index is 5.36. The lowest BCUT2D eigenvalue weighted by molar-refractivity contribution is 0.215. The number of rotatable bonds is 5. The fourth-order valence-electron chi connectivity index (χ4n) is 0.556. The van der Waals surface area contributed by atoms with Crippen molar-refractivity contribution in [3.8, 4) is 0 Å². The highest BCUT2D eigenvalue weighted by atomic mass is 28.3. The predicted molar refractivity (Wildman–Crippen MR) is 39.5 cm³/mol. The molecule has 0 fully saturated rings. The molecule has 4 heteroatoms. The Balaban J connectivity index is 3.18. The molecule has 0 spiro atoms. The number of hydrogen-bond donors (Lipinski definition) is 1. The van der Waals surface area contributed by atoms with Gasteiger partial charge in [-0.15, -0.1) is 0 Å². The van der Waals surface area contributed by atoms with E-state index in [4.69, 9.17) is 14.6 Å². The molecular formula is C5H15NO2Si. The van der Waals surface area contributed by atoms with Gasteiger partial charge in [-0.05, 0) is 13.8 Å². The summed E-state index contributed by atoms with van der Waals surface area (Å²) in [6, 6.07) is 0. The Labute approximate surface area is 58.0 Å². The highest BCUT2D eigenvalue weighted by Crippen LogP contribution is 1.85. The minimum absolute atomic E-state index is 0.571. The van der Waals surface area contributed by atoms with Gasteiger partial charge in [-0.1, -0.05) is 0 Å². The van der Waals surface area contributed by atoms with Crippen LogP contribution >= 0.6 is 0 Å². The first kappa shape index (κ1) is 9.10. The monoisotopic (exact) mass is 149 g/mol. The summed E-state index contributed by atoms with van der Waals surface area (Å²) in [5.74, 6) is 0. The van der Waals surface area contributed by atoms with Crippen LogP contribution in [0.15, 0.2) is 0 Å². The van der Waals surface area contributed by atoms with Gasteiger partial charge in [-0.25, -0.2) is 0 Å². The van der Waals surface area contributed by atoms with Gasteiger partial charge >= 0.3 is 9.28 Å². The maximum absolute atomic E-state index is 5.36. The Hall–Kier alpha value is 0.0969. The van der Waals surface area contributed by atoms with Crippen LogP contribution in [0.5, 0.6) is 0 Å². The molecule has 0 unspecified atom stereocenters. The fourth-order valence-corrected chi connectivity index (χ4v) is 1.67. The fraction of sp³-hybridized carbons (Fsp3) is 1.00. The molecule has 3 nitrogen and oxygen atoms in total. The molecule has 0 atom stereocenters. The van der Waals surface area contributed by atoms with Gasteiger partial charge in [0.05, 0.1) is 0 Å². The summed E-state index contributed by atoms with van der Waals surface area (Å²) in [4.78, 5) is 0. The first-order valence-electron chi connectivity index (χ1n) is 3.28. The molecule has 0 aliphatic carbocycles. The van der Waals surface area contributed by atoms with E-state index in [1.54, 1.807) is 0 Å². The molecule has 0 saturated carbocycles. The second kappa shape index (κ2) is 6.22. The summed E-state index contributed by atoms with van der Waals surface area (Å²) in [5.41, 5.74) is 5.36. The van der Waals surface area contributed by atoms with E-state index in [-0.39, 0.29) is 0 Å². The van der Waals surface area contributed by atoms with Gasteiger partial charge in [-0.2, -0.15) is 0 Å². The standard InChI is InChI=1S/C5H15NO2Si/c1-3-7-9(5-6)8-4-2/h9H,3-6H2,1-2H3. The van der Waals surface area contributed by atoms with E-state index in [0.717, 1.165) is 0 Å². The highest BCUT2D eigenvalue weighted by Gasteiger charge is 2.06. The van der Waals surface area contributed by atoms with E-state index >= 15 is 0 Å². The molecule has 0 saturated heterocycles. The molecule has 0 aromatic heterocycles. The average Bonchev–Trinajstić information content (AvgIpc) is 1.88. The Bertz CT molecular complexity index is 56.9. The summed E-state index contributed by atoms with van der Waals surface area (Å²) < 4.78 is 10.4. The molecule has 2 N–H and O–H groups in total. The van der Waals surface area contributed by atoms with Crippen LogP contribution in [0.25, 0.3) is 0 Å². The lowest BCUT2D eigenvalue weighted by Gasteiger charge is -2.11. The van der Waals surface area contributed by atoms with Crippen molar-refractivity contribution in [1.82, 2.24) is 0 Å². The van der Waals surface area contributed by atoms with Gasteiger partial charge in [0.2, 0.25) is 0 Å². The second-order valence-electron chi connectivity index (χ2n) is 1.58. The van der Waals surface area contributed by atoms with E-state index in [1.807, 2.05) is 13.8 Å². The molecule has 0 aromatic carbocycles. The average molecular weight is 149 g/mol. The summed E-state index contributed by atoms with van der Waals surface area (Å²) in [6.07, 6.45) is 0.571. The van der Waals surface area contributed by atoms with Crippen LogP contribution < -0.4 is 5.73 Å². The largest absolute Gasteiger partial charge is 0.396 e. The summed E-state index contributed by atoms with van der Waals surface area (Å²) in [6.45, 7) is 5.34. The van der Waals surface area contributed by atoms with Crippen molar-refractivity contribution in [3.05, 3.63) is 0 Å². The molecule has 0 aliphatic rings. The topological polar surface area (TPSA) is 44.5 Å². The van der Waals surface area contributed by atoms with Crippen molar-refractivity contribution in [1.29, 1.82) is 0 Å². The smallest absolute Gasteiger partial charge is 0.335 e. The van der Waals surface area contributed by atoms with Gasteiger partial charge in [0, 0.05) is 19.4 Å². The summed E-state index contributed by atoms with van der Waals surface area (Å²) >= 11 is 0. The van der Waals surface area contributed by atoms with E-state index < -0.39 is 9.28 Å². The van der Waals surface area contributed by atoms with E-state index in [0.29, 0.717) is 19.4 Å². The Morgan fingerprint density at radius 1 is 1.22 bits per heavy atom.